The third-order valence-electron chi connectivity index (χ3n) is 4.61. The summed E-state index contributed by atoms with van der Waals surface area (Å²) in [6, 6.07) is 3.55. The molecule has 6 nitrogen and oxygen atoms in total. The van der Waals surface area contributed by atoms with E-state index in [0.717, 1.165) is 31.6 Å². The summed E-state index contributed by atoms with van der Waals surface area (Å²) < 4.78 is 16.5. The third-order valence-corrected chi connectivity index (χ3v) is 4.61. The van der Waals surface area contributed by atoms with Crippen molar-refractivity contribution >= 4 is 5.91 Å². The van der Waals surface area contributed by atoms with Gasteiger partial charge in [-0.15, -0.1) is 6.58 Å². The Hall–Kier alpha value is -2.05. The lowest BCUT2D eigenvalue weighted by atomic mass is 10.0. The molecule has 1 aromatic rings. The number of amides is 1. The quantitative estimate of drug-likeness (QED) is 0.530. The van der Waals surface area contributed by atoms with Crippen molar-refractivity contribution in [1.29, 1.82) is 0 Å². The summed E-state index contributed by atoms with van der Waals surface area (Å²) in [4.78, 5) is 14.9. The normalized spacial score (nSPS) is 20.1. The van der Waals surface area contributed by atoms with E-state index in [1.807, 2.05) is 6.07 Å². The van der Waals surface area contributed by atoms with Gasteiger partial charge >= 0.3 is 0 Å². The first-order valence-corrected chi connectivity index (χ1v) is 9.50. The van der Waals surface area contributed by atoms with Crippen molar-refractivity contribution in [1.82, 2.24) is 10.2 Å². The van der Waals surface area contributed by atoms with Gasteiger partial charge in [0.15, 0.2) is 11.5 Å². The van der Waals surface area contributed by atoms with E-state index in [1.54, 1.807) is 26.4 Å². The van der Waals surface area contributed by atoms with Crippen molar-refractivity contribution in [3.05, 3.63) is 35.9 Å². The van der Waals surface area contributed by atoms with Gasteiger partial charge in [0.05, 0.1) is 26.4 Å². The molecule has 1 saturated heterocycles. The molecule has 1 heterocycles. The van der Waals surface area contributed by atoms with Crippen molar-refractivity contribution < 1.29 is 19.0 Å². The lowest BCUT2D eigenvalue weighted by Gasteiger charge is -2.35. The Morgan fingerprint density at radius 1 is 1.30 bits per heavy atom. The largest absolute Gasteiger partial charge is 0.493 e. The molecule has 1 fully saturated rings. The Bertz CT molecular complexity index is 637. The first-order chi connectivity index (χ1) is 13.0. The van der Waals surface area contributed by atoms with Crippen molar-refractivity contribution in [2.75, 3.05) is 40.4 Å². The Labute approximate surface area is 162 Å². The number of morpholine rings is 1. The van der Waals surface area contributed by atoms with Crippen LogP contribution in [-0.2, 0) is 11.2 Å². The van der Waals surface area contributed by atoms with E-state index in [-0.39, 0.29) is 18.1 Å². The van der Waals surface area contributed by atoms with E-state index in [0.29, 0.717) is 30.0 Å². The van der Waals surface area contributed by atoms with Gasteiger partial charge in [-0.1, -0.05) is 6.08 Å². The van der Waals surface area contributed by atoms with E-state index in [4.69, 9.17) is 14.2 Å². The number of ether oxygens (including phenoxy) is 3. The minimum absolute atomic E-state index is 0.107. The van der Waals surface area contributed by atoms with Crippen molar-refractivity contribution in [2.24, 2.45) is 0 Å². The number of hydrogen-bond acceptors (Lipinski definition) is 5. The molecule has 2 unspecified atom stereocenters. The molecule has 1 aliphatic heterocycles. The fraction of sp³-hybridized carbons (Fsp3) is 0.571. The average Bonchev–Trinajstić information content (AvgIpc) is 2.63. The van der Waals surface area contributed by atoms with Crippen molar-refractivity contribution in [3.63, 3.8) is 0 Å². The Morgan fingerprint density at radius 3 is 2.59 bits per heavy atom. The van der Waals surface area contributed by atoms with Gasteiger partial charge in [-0.05, 0) is 38.8 Å². The Kier molecular flexibility index (Phi) is 8.13. The summed E-state index contributed by atoms with van der Waals surface area (Å²) in [6.45, 7) is 11.4. The summed E-state index contributed by atoms with van der Waals surface area (Å²) in [5, 5.41) is 3.00. The maximum atomic E-state index is 12.6. The molecule has 0 spiro atoms. The molecule has 1 amide bonds. The lowest BCUT2D eigenvalue weighted by Crippen LogP contribution is -2.46. The predicted molar refractivity (Wildman–Crippen MR) is 107 cm³/mol. The summed E-state index contributed by atoms with van der Waals surface area (Å²) in [6.07, 6.45) is 3.81. The van der Waals surface area contributed by atoms with Gasteiger partial charge in [0.2, 0.25) is 0 Å². The number of carbonyl (C=O) groups excluding carboxylic acids is 1. The highest BCUT2D eigenvalue weighted by molar-refractivity contribution is 5.95. The molecule has 1 N–H and O–H groups in total. The summed E-state index contributed by atoms with van der Waals surface area (Å²) >= 11 is 0. The minimum Gasteiger partial charge on any atom is -0.493 e. The van der Waals surface area contributed by atoms with E-state index in [1.165, 1.54) is 0 Å². The smallest absolute Gasteiger partial charge is 0.251 e. The molecule has 0 saturated carbocycles. The monoisotopic (exact) mass is 376 g/mol. The molecular weight excluding hydrogens is 344 g/mol. The van der Waals surface area contributed by atoms with Gasteiger partial charge in [0.1, 0.15) is 0 Å². The minimum atomic E-state index is -0.107. The second-order valence-electron chi connectivity index (χ2n) is 6.99. The summed E-state index contributed by atoms with van der Waals surface area (Å²) in [7, 11) is 3.17. The highest BCUT2D eigenvalue weighted by Crippen LogP contribution is 2.33. The zero-order valence-electron chi connectivity index (χ0n) is 16.9. The van der Waals surface area contributed by atoms with E-state index >= 15 is 0 Å². The fourth-order valence-corrected chi connectivity index (χ4v) is 3.56. The molecule has 27 heavy (non-hydrogen) atoms. The van der Waals surface area contributed by atoms with Crippen LogP contribution in [0.2, 0.25) is 0 Å². The van der Waals surface area contributed by atoms with E-state index < -0.39 is 0 Å². The third kappa shape index (κ3) is 5.97. The second kappa shape index (κ2) is 10.3. The van der Waals surface area contributed by atoms with Crippen LogP contribution in [0.25, 0.3) is 0 Å². The van der Waals surface area contributed by atoms with Crippen LogP contribution in [0.1, 0.15) is 36.2 Å². The number of benzene rings is 1. The standard InChI is InChI=1S/C21H32N2O4/c1-6-8-17-11-18(12-19(25-4)20(17)26-5)21(24)22-9-7-10-23-13-15(2)27-16(3)14-23/h6,11-12,15-16H,1,7-10,13-14H2,2-5H3,(H,22,24). The van der Waals surface area contributed by atoms with Crippen LogP contribution in [0.3, 0.4) is 0 Å². The van der Waals surface area contributed by atoms with Crippen LogP contribution >= 0.6 is 0 Å². The van der Waals surface area contributed by atoms with Gasteiger partial charge in [-0.25, -0.2) is 0 Å². The second-order valence-corrected chi connectivity index (χ2v) is 6.99. The first-order valence-electron chi connectivity index (χ1n) is 9.50. The zero-order valence-corrected chi connectivity index (χ0v) is 16.9. The molecule has 2 rings (SSSR count). The van der Waals surface area contributed by atoms with E-state index in [2.05, 4.69) is 30.6 Å². The first kappa shape index (κ1) is 21.3. The number of methoxy groups -OCH3 is 2. The number of hydrogen-bond donors (Lipinski definition) is 1. The lowest BCUT2D eigenvalue weighted by molar-refractivity contribution is -0.0679. The molecular formula is C21H32N2O4. The average molecular weight is 376 g/mol. The topological polar surface area (TPSA) is 60.0 Å². The molecule has 0 aromatic heterocycles. The molecule has 0 radical (unpaired) electrons. The van der Waals surface area contributed by atoms with Crippen LogP contribution in [-0.4, -0.2) is 63.4 Å². The highest BCUT2D eigenvalue weighted by atomic mass is 16.5. The van der Waals surface area contributed by atoms with Gasteiger partial charge < -0.3 is 19.5 Å². The van der Waals surface area contributed by atoms with Gasteiger partial charge in [-0.2, -0.15) is 0 Å². The number of carbonyl (C=O) groups is 1. The highest BCUT2D eigenvalue weighted by Gasteiger charge is 2.21. The number of rotatable bonds is 9. The van der Waals surface area contributed by atoms with Crippen molar-refractivity contribution in [2.45, 2.75) is 38.9 Å². The van der Waals surface area contributed by atoms with Gasteiger partial charge in [0, 0.05) is 37.3 Å². The number of nitrogens with one attached hydrogen (secondary N) is 1. The molecule has 0 bridgehead atoms. The molecule has 1 aromatic carbocycles. The molecule has 1 aliphatic rings. The van der Waals surface area contributed by atoms with E-state index in [9.17, 15) is 4.79 Å². The van der Waals surface area contributed by atoms with Crippen LogP contribution in [0.4, 0.5) is 0 Å². The maximum absolute atomic E-state index is 12.6. The molecule has 150 valence electrons. The summed E-state index contributed by atoms with van der Waals surface area (Å²) in [5.74, 6) is 1.09. The zero-order chi connectivity index (χ0) is 19.8. The number of allylic oxidation sites excluding steroid dienone is 1. The number of nitrogens with zero attached hydrogens (tertiary/aromatic N) is 1. The van der Waals surface area contributed by atoms with Crippen LogP contribution in [0, 0.1) is 0 Å². The Morgan fingerprint density at radius 2 is 2.00 bits per heavy atom. The van der Waals surface area contributed by atoms with Crippen LogP contribution in [0.15, 0.2) is 24.8 Å². The van der Waals surface area contributed by atoms with Gasteiger partial charge in [-0.3, -0.25) is 9.69 Å². The molecule has 2 atom stereocenters. The molecule has 6 heteroatoms. The maximum Gasteiger partial charge on any atom is 0.251 e. The van der Waals surface area contributed by atoms with Gasteiger partial charge in [0.25, 0.3) is 5.91 Å². The van der Waals surface area contributed by atoms with Crippen molar-refractivity contribution in [3.8, 4) is 11.5 Å². The Balaban J connectivity index is 1.91. The predicted octanol–water partition coefficient (Wildman–Crippen LogP) is 2.66. The fourth-order valence-electron chi connectivity index (χ4n) is 3.56. The summed E-state index contributed by atoms with van der Waals surface area (Å²) in [5.41, 5.74) is 1.45. The SMILES string of the molecule is C=CCc1cc(C(=O)NCCCN2CC(C)OC(C)C2)cc(OC)c1OC. The molecule has 0 aliphatic carbocycles. The van der Waals surface area contributed by atoms with Crippen LogP contribution in [0.5, 0.6) is 11.5 Å². The van der Waals surface area contributed by atoms with Crippen LogP contribution < -0.4 is 14.8 Å².